The molecule has 0 aliphatic carbocycles. The third-order valence-corrected chi connectivity index (χ3v) is 3.65. The Labute approximate surface area is 170 Å². The molecule has 0 unspecified atom stereocenters. The van der Waals surface area contributed by atoms with Gasteiger partial charge >= 0.3 is 0 Å². The van der Waals surface area contributed by atoms with Crippen molar-refractivity contribution >= 4 is 35.6 Å². The van der Waals surface area contributed by atoms with E-state index in [1.165, 1.54) is 0 Å². The van der Waals surface area contributed by atoms with Crippen LogP contribution in [0.3, 0.4) is 0 Å². The molecule has 142 valence electrons. The summed E-state index contributed by atoms with van der Waals surface area (Å²) in [6, 6.07) is 10.5. The van der Waals surface area contributed by atoms with Gasteiger partial charge in [-0.15, -0.1) is 24.0 Å². The smallest absolute Gasteiger partial charge is 0.269 e. The SMILES string of the molecule is CCNC(=NCc1ccco1)NCCCCc1ccc([N+](=O)[O-])cc1.I. The van der Waals surface area contributed by atoms with Crippen molar-refractivity contribution in [2.45, 2.75) is 32.7 Å². The van der Waals surface area contributed by atoms with Crippen LogP contribution in [0.2, 0.25) is 0 Å². The van der Waals surface area contributed by atoms with Gasteiger partial charge < -0.3 is 15.1 Å². The number of nitrogens with one attached hydrogen (secondary N) is 2. The number of nitrogens with zero attached hydrogens (tertiary/aromatic N) is 2. The number of hydrogen-bond acceptors (Lipinski definition) is 4. The fraction of sp³-hybridized carbons (Fsp3) is 0.389. The van der Waals surface area contributed by atoms with E-state index in [0.717, 1.165) is 49.6 Å². The lowest BCUT2D eigenvalue weighted by molar-refractivity contribution is -0.384. The van der Waals surface area contributed by atoms with Gasteiger partial charge in [0.15, 0.2) is 5.96 Å². The molecule has 8 heteroatoms. The Bertz CT molecular complexity index is 672. The largest absolute Gasteiger partial charge is 0.467 e. The highest BCUT2D eigenvalue weighted by atomic mass is 127. The van der Waals surface area contributed by atoms with Gasteiger partial charge in [0, 0.05) is 25.2 Å². The Balaban J connectivity index is 0.00000338. The number of nitro groups is 1. The molecule has 0 atom stereocenters. The van der Waals surface area contributed by atoms with Gasteiger partial charge in [0.1, 0.15) is 12.3 Å². The number of rotatable bonds is 9. The lowest BCUT2D eigenvalue weighted by atomic mass is 10.1. The summed E-state index contributed by atoms with van der Waals surface area (Å²) in [5.41, 5.74) is 1.25. The average Bonchev–Trinajstić information content (AvgIpc) is 3.13. The van der Waals surface area contributed by atoms with Gasteiger partial charge in [-0.1, -0.05) is 12.1 Å². The maximum Gasteiger partial charge on any atom is 0.269 e. The van der Waals surface area contributed by atoms with Gasteiger partial charge in [0.25, 0.3) is 5.69 Å². The van der Waals surface area contributed by atoms with Gasteiger partial charge in [-0.05, 0) is 43.9 Å². The second kappa shape index (κ2) is 12.3. The third kappa shape index (κ3) is 7.85. The molecular formula is C18H25IN4O3. The maximum atomic E-state index is 10.6. The van der Waals surface area contributed by atoms with Crippen molar-refractivity contribution in [1.82, 2.24) is 10.6 Å². The molecule has 2 rings (SSSR count). The first-order valence-corrected chi connectivity index (χ1v) is 8.47. The van der Waals surface area contributed by atoms with Crippen LogP contribution in [0.5, 0.6) is 0 Å². The number of unbranched alkanes of at least 4 members (excludes halogenated alkanes) is 1. The Morgan fingerprint density at radius 2 is 1.96 bits per heavy atom. The standard InChI is InChI=1S/C18H24N4O3.HI/c1-2-19-18(21-14-17-7-5-13-25-17)20-12-4-3-6-15-8-10-16(11-9-15)22(23)24;/h5,7-11,13H,2-4,6,12,14H2,1H3,(H2,19,20,21);1H. The van der Waals surface area contributed by atoms with E-state index in [2.05, 4.69) is 15.6 Å². The highest BCUT2D eigenvalue weighted by molar-refractivity contribution is 14.0. The number of guanidine groups is 1. The van der Waals surface area contributed by atoms with E-state index in [4.69, 9.17) is 4.42 Å². The van der Waals surface area contributed by atoms with E-state index in [9.17, 15) is 10.1 Å². The van der Waals surface area contributed by atoms with Crippen molar-refractivity contribution in [3.63, 3.8) is 0 Å². The van der Waals surface area contributed by atoms with E-state index < -0.39 is 0 Å². The predicted molar refractivity (Wildman–Crippen MR) is 113 cm³/mol. The van der Waals surface area contributed by atoms with E-state index in [1.54, 1.807) is 18.4 Å². The zero-order chi connectivity index (χ0) is 17.9. The van der Waals surface area contributed by atoms with Crippen molar-refractivity contribution in [1.29, 1.82) is 0 Å². The Hall–Kier alpha value is -2.10. The summed E-state index contributed by atoms with van der Waals surface area (Å²) in [5, 5.41) is 17.1. The minimum atomic E-state index is -0.377. The minimum Gasteiger partial charge on any atom is -0.467 e. The quantitative estimate of drug-likeness (QED) is 0.144. The van der Waals surface area contributed by atoms with Gasteiger partial charge in [-0.2, -0.15) is 0 Å². The van der Waals surface area contributed by atoms with Crippen LogP contribution < -0.4 is 10.6 Å². The van der Waals surface area contributed by atoms with Gasteiger partial charge in [-0.25, -0.2) is 4.99 Å². The van der Waals surface area contributed by atoms with Crippen LogP contribution in [0.25, 0.3) is 0 Å². The Morgan fingerprint density at radius 3 is 2.58 bits per heavy atom. The third-order valence-electron chi connectivity index (χ3n) is 3.65. The van der Waals surface area contributed by atoms with Crippen LogP contribution in [0.4, 0.5) is 5.69 Å². The van der Waals surface area contributed by atoms with Gasteiger partial charge in [-0.3, -0.25) is 10.1 Å². The number of non-ortho nitro benzene ring substituents is 1. The molecule has 7 nitrogen and oxygen atoms in total. The Kier molecular flexibility index (Phi) is 10.4. The summed E-state index contributed by atoms with van der Waals surface area (Å²) >= 11 is 0. The van der Waals surface area contributed by atoms with Gasteiger partial charge in [0.2, 0.25) is 0 Å². The van der Waals surface area contributed by atoms with Gasteiger partial charge in [0.05, 0.1) is 11.2 Å². The molecule has 1 aromatic carbocycles. The summed E-state index contributed by atoms with van der Waals surface area (Å²) < 4.78 is 5.27. The zero-order valence-electron chi connectivity index (χ0n) is 14.8. The molecule has 2 N–H and O–H groups in total. The van der Waals surface area contributed by atoms with Crippen LogP contribution in [0.15, 0.2) is 52.1 Å². The highest BCUT2D eigenvalue weighted by Crippen LogP contribution is 2.13. The first kappa shape index (κ1) is 21.9. The second-order valence-electron chi connectivity index (χ2n) is 5.58. The van der Waals surface area contributed by atoms with Crippen molar-refractivity contribution in [3.8, 4) is 0 Å². The molecule has 2 aromatic rings. The van der Waals surface area contributed by atoms with Crippen LogP contribution in [-0.2, 0) is 13.0 Å². The lowest BCUT2D eigenvalue weighted by Gasteiger charge is -2.10. The van der Waals surface area contributed by atoms with Crippen LogP contribution in [0, 0.1) is 10.1 Å². The second-order valence-corrected chi connectivity index (χ2v) is 5.58. The van der Waals surface area contributed by atoms with E-state index in [-0.39, 0.29) is 34.6 Å². The fourth-order valence-electron chi connectivity index (χ4n) is 2.35. The molecule has 1 heterocycles. The van der Waals surface area contributed by atoms with E-state index >= 15 is 0 Å². The Morgan fingerprint density at radius 1 is 1.19 bits per heavy atom. The average molecular weight is 472 g/mol. The number of aliphatic imine (C=N–C) groups is 1. The van der Waals surface area contributed by atoms with Crippen molar-refractivity contribution < 1.29 is 9.34 Å². The highest BCUT2D eigenvalue weighted by Gasteiger charge is 2.04. The summed E-state index contributed by atoms with van der Waals surface area (Å²) in [6.45, 7) is 4.15. The minimum absolute atomic E-state index is 0. The van der Waals surface area contributed by atoms with Crippen molar-refractivity contribution in [3.05, 3.63) is 64.1 Å². The number of nitro benzene ring substituents is 1. The number of benzene rings is 1. The molecule has 0 aliphatic rings. The van der Waals surface area contributed by atoms with Crippen LogP contribution in [-0.4, -0.2) is 24.0 Å². The van der Waals surface area contributed by atoms with E-state index in [0.29, 0.717) is 6.54 Å². The topological polar surface area (TPSA) is 92.7 Å². The molecule has 0 spiro atoms. The summed E-state index contributed by atoms with van der Waals surface area (Å²) in [5.74, 6) is 1.60. The fourth-order valence-corrected chi connectivity index (χ4v) is 2.35. The molecule has 0 fully saturated rings. The monoisotopic (exact) mass is 472 g/mol. The summed E-state index contributed by atoms with van der Waals surface area (Å²) in [6.07, 6.45) is 4.54. The number of halogens is 1. The molecule has 0 saturated heterocycles. The maximum absolute atomic E-state index is 10.6. The normalized spacial score (nSPS) is 10.9. The molecule has 26 heavy (non-hydrogen) atoms. The number of hydrogen-bond donors (Lipinski definition) is 2. The molecular weight excluding hydrogens is 447 g/mol. The number of aryl methyl sites for hydroxylation is 1. The molecule has 0 aliphatic heterocycles. The van der Waals surface area contributed by atoms with Crippen LogP contribution in [0.1, 0.15) is 31.1 Å². The predicted octanol–water partition coefficient (Wildman–Crippen LogP) is 3.88. The van der Waals surface area contributed by atoms with Crippen molar-refractivity contribution in [2.75, 3.05) is 13.1 Å². The lowest BCUT2D eigenvalue weighted by Crippen LogP contribution is -2.37. The molecule has 1 aromatic heterocycles. The van der Waals surface area contributed by atoms with Crippen LogP contribution >= 0.6 is 24.0 Å². The first-order valence-electron chi connectivity index (χ1n) is 8.47. The summed E-state index contributed by atoms with van der Waals surface area (Å²) in [7, 11) is 0. The van der Waals surface area contributed by atoms with E-state index in [1.807, 2.05) is 31.2 Å². The number of furan rings is 1. The molecule has 0 radical (unpaired) electrons. The molecule has 0 bridgehead atoms. The summed E-state index contributed by atoms with van der Waals surface area (Å²) in [4.78, 5) is 14.7. The zero-order valence-corrected chi connectivity index (χ0v) is 17.1. The van der Waals surface area contributed by atoms with Crippen molar-refractivity contribution in [2.24, 2.45) is 4.99 Å². The molecule has 0 amide bonds. The first-order chi connectivity index (χ1) is 12.2. The molecule has 0 saturated carbocycles.